The van der Waals surface area contributed by atoms with E-state index in [1.165, 1.54) is 34.2 Å². The number of aryl methyl sites for hydroxylation is 1. The number of H-pyrrole nitrogens is 1. The molecule has 0 aliphatic heterocycles. The molecule has 0 unspecified atom stereocenters. The zero-order valence-corrected chi connectivity index (χ0v) is 21.3. The minimum Gasteiger partial charge on any atom is -0.325 e. The SMILES string of the molecule is CCCCc1ccc(NC(=O)CSc2nc3scc(-c4ccc(C(C)C)cc4)c3c(=O)[nH]2)cc1. The lowest BCUT2D eigenvalue weighted by molar-refractivity contribution is -0.113. The Morgan fingerprint density at radius 1 is 1.12 bits per heavy atom. The van der Waals surface area contributed by atoms with Crippen LogP contribution in [0.2, 0.25) is 0 Å². The average molecular weight is 492 g/mol. The first-order valence-electron chi connectivity index (χ1n) is 11.6. The Kier molecular flexibility index (Phi) is 7.85. The molecular formula is C27H29N3O2S2. The van der Waals surface area contributed by atoms with E-state index in [4.69, 9.17) is 0 Å². The van der Waals surface area contributed by atoms with Crippen LogP contribution in [0.15, 0.2) is 63.9 Å². The molecule has 0 spiro atoms. The maximum absolute atomic E-state index is 12.9. The molecule has 0 aliphatic rings. The minimum atomic E-state index is -0.181. The van der Waals surface area contributed by atoms with E-state index >= 15 is 0 Å². The Morgan fingerprint density at radius 3 is 2.53 bits per heavy atom. The second-order valence-corrected chi connectivity index (χ2v) is 10.4. The molecule has 4 aromatic rings. The number of hydrogen-bond donors (Lipinski definition) is 2. The van der Waals surface area contributed by atoms with E-state index in [2.05, 4.69) is 72.5 Å². The molecular weight excluding hydrogens is 462 g/mol. The maximum Gasteiger partial charge on any atom is 0.260 e. The van der Waals surface area contributed by atoms with E-state index in [9.17, 15) is 9.59 Å². The molecule has 0 aliphatic carbocycles. The number of rotatable bonds is 9. The number of fused-ring (bicyclic) bond motifs is 1. The van der Waals surface area contributed by atoms with Crippen molar-refractivity contribution >= 4 is 44.9 Å². The van der Waals surface area contributed by atoms with E-state index in [-0.39, 0.29) is 17.2 Å². The zero-order chi connectivity index (χ0) is 24.1. The van der Waals surface area contributed by atoms with Crippen molar-refractivity contribution in [3.8, 4) is 11.1 Å². The average Bonchev–Trinajstić information content (AvgIpc) is 3.27. The number of hydrogen-bond acceptors (Lipinski definition) is 5. The standard InChI is InChI=1S/C27H29N3O2S2/c1-4-5-6-18-7-13-21(14-8-18)28-23(31)16-34-27-29-25(32)24-22(15-33-26(24)30-27)20-11-9-19(10-12-20)17(2)3/h7-15,17H,4-6,16H2,1-3H3,(H,28,31)(H,29,30,32). The first-order valence-corrected chi connectivity index (χ1v) is 13.4. The van der Waals surface area contributed by atoms with Gasteiger partial charge in [0.15, 0.2) is 5.16 Å². The van der Waals surface area contributed by atoms with Crippen LogP contribution in [0.3, 0.4) is 0 Å². The second-order valence-electron chi connectivity index (χ2n) is 8.61. The summed E-state index contributed by atoms with van der Waals surface area (Å²) < 4.78 is 0. The van der Waals surface area contributed by atoms with Crippen LogP contribution in [0.25, 0.3) is 21.3 Å². The molecule has 2 N–H and O–H groups in total. The Balaban J connectivity index is 1.42. The van der Waals surface area contributed by atoms with Crippen LogP contribution < -0.4 is 10.9 Å². The Hall–Kier alpha value is -2.90. The number of thiophene rings is 1. The summed E-state index contributed by atoms with van der Waals surface area (Å²) in [5.41, 5.74) is 5.02. The van der Waals surface area contributed by atoms with Crippen molar-refractivity contribution in [3.63, 3.8) is 0 Å². The van der Waals surface area contributed by atoms with Gasteiger partial charge in [-0.15, -0.1) is 11.3 Å². The highest BCUT2D eigenvalue weighted by Crippen LogP contribution is 2.32. The maximum atomic E-state index is 12.9. The minimum absolute atomic E-state index is 0.133. The van der Waals surface area contributed by atoms with Crippen molar-refractivity contribution < 1.29 is 4.79 Å². The molecule has 2 aromatic heterocycles. The van der Waals surface area contributed by atoms with Crippen LogP contribution in [0.4, 0.5) is 5.69 Å². The van der Waals surface area contributed by atoms with Gasteiger partial charge in [0.2, 0.25) is 5.91 Å². The van der Waals surface area contributed by atoms with Crippen LogP contribution >= 0.6 is 23.1 Å². The van der Waals surface area contributed by atoms with Crippen LogP contribution in [0.1, 0.15) is 50.7 Å². The first kappa shape index (κ1) is 24.2. The quantitative estimate of drug-likeness (QED) is 0.198. The van der Waals surface area contributed by atoms with Crippen LogP contribution in [0.5, 0.6) is 0 Å². The van der Waals surface area contributed by atoms with Crippen LogP contribution in [-0.4, -0.2) is 21.6 Å². The molecule has 0 fully saturated rings. The van der Waals surface area contributed by atoms with Crippen molar-refractivity contribution in [1.82, 2.24) is 9.97 Å². The molecule has 7 heteroatoms. The van der Waals surface area contributed by atoms with Gasteiger partial charge in [0.25, 0.3) is 5.56 Å². The molecule has 0 radical (unpaired) electrons. The lowest BCUT2D eigenvalue weighted by Crippen LogP contribution is -2.15. The number of thioether (sulfide) groups is 1. The summed E-state index contributed by atoms with van der Waals surface area (Å²) in [6, 6.07) is 16.3. The second kappa shape index (κ2) is 11.0. The number of anilines is 1. The number of benzene rings is 2. The third-order valence-electron chi connectivity index (χ3n) is 5.71. The lowest BCUT2D eigenvalue weighted by atomic mass is 9.99. The highest BCUT2D eigenvalue weighted by Gasteiger charge is 2.14. The number of aromatic nitrogens is 2. The lowest BCUT2D eigenvalue weighted by Gasteiger charge is -2.07. The third-order valence-corrected chi connectivity index (χ3v) is 7.45. The van der Waals surface area contributed by atoms with Crippen molar-refractivity contribution in [2.75, 3.05) is 11.1 Å². The number of nitrogens with zero attached hydrogens (tertiary/aromatic N) is 1. The van der Waals surface area contributed by atoms with Gasteiger partial charge in [-0.3, -0.25) is 9.59 Å². The van der Waals surface area contributed by atoms with E-state index in [1.54, 1.807) is 0 Å². The van der Waals surface area contributed by atoms with Crippen molar-refractivity contribution in [3.05, 3.63) is 75.4 Å². The van der Waals surface area contributed by atoms with E-state index in [0.29, 0.717) is 21.3 Å². The van der Waals surface area contributed by atoms with Gasteiger partial charge < -0.3 is 10.3 Å². The predicted molar refractivity (Wildman–Crippen MR) is 144 cm³/mol. The normalized spacial score (nSPS) is 11.3. The number of carbonyl (C=O) groups excluding carboxylic acids is 1. The molecule has 4 rings (SSSR count). The zero-order valence-electron chi connectivity index (χ0n) is 19.7. The molecule has 2 heterocycles. The van der Waals surface area contributed by atoms with Gasteiger partial charge in [0.1, 0.15) is 4.83 Å². The molecule has 0 atom stereocenters. The number of nitrogens with one attached hydrogen (secondary N) is 2. The van der Waals surface area contributed by atoms with Crippen LogP contribution in [0, 0.1) is 0 Å². The summed E-state index contributed by atoms with van der Waals surface area (Å²) in [7, 11) is 0. The van der Waals surface area contributed by atoms with Gasteiger partial charge in [-0.25, -0.2) is 4.98 Å². The Labute approximate surface area is 208 Å². The van der Waals surface area contributed by atoms with Crippen molar-refractivity contribution in [2.45, 2.75) is 51.1 Å². The highest BCUT2D eigenvalue weighted by atomic mass is 32.2. The number of aromatic amines is 1. The number of amides is 1. The van der Waals surface area contributed by atoms with E-state index in [1.807, 2.05) is 17.5 Å². The first-order chi connectivity index (χ1) is 16.4. The largest absolute Gasteiger partial charge is 0.325 e. The summed E-state index contributed by atoms with van der Waals surface area (Å²) in [5, 5.41) is 5.93. The fourth-order valence-electron chi connectivity index (χ4n) is 3.72. The smallest absolute Gasteiger partial charge is 0.260 e. The van der Waals surface area contributed by atoms with E-state index < -0.39 is 0 Å². The summed E-state index contributed by atoms with van der Waals surface area (Å²) in [6.07, 6.45) is 3.37. The Bertz CT molecular complexity index is 1320. The summed E-state index contributed by atoms with van der Waals surface area (Å²) in [4.78, 5) is 33.4. The topological polar surface area (TPSA) is 74.8 Å². The summed E-state index contributed by atoms with van der Waals surface area (Å²) in [6.45, 7) is 6.50. The molecule has 0 saturated carbocycles. The molecule has 5 nitrogen and oxygen atoms in total. The molecule has 0 saturated heterocycles. The van der Waals surface area contributed by atoms with Gasteiger partial charge in [-0.1, -0.05) is 75.4 Å². The van der Waals surface area contributed by atoms with Gasteiger partial charge in [0, 0.05) is 16.6 Å². The van der Waals surface area contributed by atoms with Crippen molar-refractivity contribution in [2.24, 2.45) is 0 Å². The molecule has 176 valence electrons. The third kappa shape index (κ3) is 5.77. The summed E-state index contributed by atoms with van der Waals surface area (Å²) in [5.74, 6) is 0.493. The van der Waals surface area contributed by atoms with Gasteiger partial charge in [-0.05, 0) is 47.6 Å². The van der Waals surface area contributed by atoms with Gasteiger partial charge >= 0.3 is 0 Å². The van der Waals surface area contributed by atoms with Gasteiger partial charge in [-0.2, -0.15) is 0 Å². The van der Waals surface area contributed by atoms with Crippen molar-refractivity contribution in [1.29, 1.82) is 0 Å². The highest BCUT2D eigenvalue weighted by molar-refractivity contribution is 7.99. The van der Waals surface area contributed by atoms with Crippen LogP contribution in [-0.2, 0) is 11.2 Å². The molecule has 34 heavy (non-hydrogen) atoms. The summed E-state index contributed by atoms with van der Waals surface area (Å²) >= 11 is 2.68. The molecule has 1 amide bonds. The number of unbranched alkanes of at least 4 members (excludes halogenated alkanes) is 1. The van der Waals surface area contributed by atoms with E-state index in [0.717, 1.165) is 36.1 Å². The fourth-order valence-corrected chi connectivity index (χ4v) is 5.39. The predicted octanol–water partition coefficient (Wildman–Crippen LogP) is 6.85. The Morgan fingerprint density at radius 2 is 1.85 bits per heavy atom. The fraction of sp³-hybridized carbons (Fsp3) is 0.296. The van der Waals surface area contributed by atoms with Gasteiger partial charge in [0.05, 0.1) is 11.1 Å². The molecule has 0 bridgehead atoms. The number of carbonyl (C=O) groups is 1. The monoisotopic (exact) mass is 491 g/mol. The molecule has 2 aromatic carbocycles.